The minimum atomic E-state index is -0.276. The van der Waals surface area contributed by atoms with Crippen LogP contribution in [0.1, 0.15) is 12.8 Å². The molecule has 2 aliphatic heterocycles. The molecule has 0 saturated carbocycles. The van der Waals surface area contributed by atoms with E-state index in [4.69, 9.17) is 14.2 Å². The van der Waals surface area contributed by atoms with Gasteiger partial charge < -0.3 is 24.8 Å². The number of amides is 2. The van der Waals surface area contributed by atoms with Crippen molar-refractivity contribution < 1.29 is 23.8 Å². The highest BCUT2D eigenvalue weighted by molar-refractivity contribution is 5.95. The summed E-state index contributed by atoms with van der Waals surface area (Å²) < 4.78 is 16.1. The van der Waals surface area contributed by atoms with Gasteiger partial charge in [0.2, 0.25) is 11.8 Å². The van der Waals surface area contributed by atoms with E-state index < -0.39 is 0 Å². The van der Waals surface area contributed by atoms with E-state index in [2.05, 4.69) is 10.6 Å². The van der Waals surface area contributed by atoms with Crippen LogP contribution < -0.4 is 20.1 Å². The van der Waals surface area contributed by atoms with Crippen molar-refractivity contribution >= 4 is 17.5 Å². The van der Waals surface area contributed by atoms with Gasteiger partial charge in [0.05, 0.1) is 6.54 Å². The lowest BCUT2D eigenvalue weighted by molar-refractivity contribution is -0.129. The number of hydrogen-bond donors (Lipinski definition) is 2. The minimum Gasteiger partial charge on any atom is -0.486 e. The molecule has 1 aromatic rings. The van der Waals surface area contributed by atoms with Crippen LogP contribution in [0.15, 0.2) is 18.2 Å². The molecule has 1 fully saturated rings. The Morgan fingerprint density at radius 1 is 1.04 bits per heavy atom. The standard InChI is InChI=1S/C16H20N2O5/c19-15(10-17-16(20)11-3-5-21-6-4-11)18-12-1-2-13-14(9-12)23-8-7-22-13/h1-2,9,11H,3-8,10H2,(H,17,20)(H,18,19). The summed E-state index contributed by atoms with van der Waals surface area (Å²) in [6.07, 6.45) is 1.41. The van der Waals surface area contributed by atoms with E-state index in [1.54, 1.807) is 18.2 Å². The fourth-order valence-electron chi connectivity index (χ4n) is 2.60. The predicted molar refractivity (Wildman–Crippen MR) is 82.6 cm³/mol. The molecule has 2 aliphatic rings. The zero-order chi connectivity index (χ0) is 16.1. The van der Waals surface area contributed by atoms with Crippen molar-refractivity contribution in [3.63, 3.8) is 0 Å². The second-order valence-electron chi connectivity index (χ2n) is 5.51. The number of benzene rings is 1. The molecule has 2 heterocycles. The summed E-state index contributed by atoms with van der Waals surface area (Å²) in [6, 6.07) is 5.21. The third-order valence-electron chi connectivity index (χ3n) is 3.84. The number of ether oxygens (including phenoxy) is 3. The Hall–Kier alpha value is -2.28. The molecule has 0 atom stereocenters. The number of carbonyl (C=O) groups excluding carboxylic acids is 2. The van der Waals surface area contributed by atoms with Crippen LogP contribution in [0.2, 0.25) is 0 Å². The van der Waals surface area contributed by atoms with Crippen LogP contribution in [0.3, 0.4) is 0 Å². The maximum atomic E-state index is 12.0. The molecule has 0 aliphatic carbocycles. The largest absolute Gasteiger partial charge is 0.486 e. The quantitative estimate of drug-likeness (QED) is 0.862. The first-order valence-corrected chi connectivity index (χ1v) is 7.77. The van der Waals surface area contributed by atoms with E-state index in [9.17, 15) is 9.59 Å². The van der Waals surface area contributed by atoms with Crippen molar-refractivity contribution in [1.29, 1.82) is 0 Å². The Bertz CT molecular complexity index is 584. The van der Waals surface area contributed by atoms with Crippen molar-refractivity contribution in [2.45, 2.75) is 12.8 Å². The van der Waals surface area contributed by atoms with Gasteiger partial charge in [0, 0.05) is 30.9 Å². The molecule has 1 saturated heterocycles. The predicted octanol–water partition coefficient (Wildman–Crippen LogP) is 0.939. The van der Waals surface area contributed by atoms with Crippen molar-refractivity contribution in [2.24, 2.45) is 5.92 Å². The molecule has 23 heavy (non-hydrogen) atoms. The molecule has 7 nitrogen and oxygen atoms in total. The third kappa shape index (κ3) is 4.13. The normalized spacial score (nSPS) is 17.4. The topological polar surface area (TPSA) is 85.9 Å². The zero-order valence-corrected chi connectivity index (χ0v) is 12.8. The lowest BCUT2D eigenvalue weighted by atomic mass is 9.99. The van der Waals surface area contributed by atoms with Gasteiger partial charge >= 0.3 is 0 Å². The van der Waals surface area contributed by atoms with Crippen molar-refractivity contribution in [1.82, 2.24) is 5.32 Å². The monoisotopic (exact) mass is 320 g/mol. The highest BCUT2D eigenvalue weighted by Gasteiger charge is 2.21. The Labute approximate surface area is 134 Å². The number of anilines is 1. The summed E-state index contributed by atoms with van der Waals surface area (Å²) in [6.45, 7) is 2.16. The Morgan fingerprint density at radius 2 is 1.78 bits per heavy atom. The van der Waals surface area contributed by atoms with Crippen LogP contribution in [0.5, 0.6) is 11.5 Å². The molecule has 0 bridgehead atoms. The number of carbonyl (C=O) groups is 2. The summed E-state index contributed by atoms with van der Waals surface area (Å²) in [4.78, 5) is 23.9. The second kappa shape index (κ2) is 7.32. The number of hydrogen-bond acceptors (Lipinski definition) is 5. The van der Waals surface area contributed by atoms with Crippen LogP contribution in [-0.2, 0) is 14.3 Å². The van der Waals surface area contributed by atoms with Gasteiger partial charge in [-0.25, -0.2) is 0 Å². The molecule has 0 aromatic heterocycles. The Morgan fingerprint density at radius 3 is 2.57 bits per heavy atom. The van der Waals surface area contributed by atoms with Gasteiger partial charge in [0.1, 0.15) is 13.2 Å². The first kappa shape index (κ1) is 15.6. The Kier molecular flexibility index (Phi) is 4.97. The molecule has 1 aromatic carbocycles. The zero-order valence-electron chi connectivity index (χ0n) is 12.8. The van der Waals surface area contributed by atoms with Crippen LogP contribution in [0.25, 0.3) is 0 Å². The van der Waals surface area contributed by atoms with Gasteiger partial charge in [-0.1, -0.05) is 0 Å². The minimum absolute atomic E-state index is 0.0510. The Balaban J connectivity index is 1.48. The second-order valence-corrected chi connectivity index (χ2v) is 5.51. The highest BCUT2D eigenvalue weighted by atomic mass is 16.6. The van der Waals surface area contributed by atoms with E-state index in [0.717, 1.165) is 0 Å². The number of rotatable bonds is 4. The van der Waals surface area contributed by atoms with Gasteiger partial charge in [0.15, 0.2) is 11.5 Å². The maximum absolute atomic E-state index is 12.0. The van der Waals surface area contributed by atoms with Crippen molar-refractivity contribution in [3.05, 3.63) is 18.2 Å². The molecule has 0 unspecified atom stereocenters. The molecule has 2 amide bonds. The van der Waals surface area contributed by atoms with Gasteiger partial charge in [-0.3, -0.25) is 9.59 Å². The van der Waals surface area contributed by atoms with E-state index in [0.29, 0.717) is 56.5 Å². The molecule has 0 spiro atoms. The molecule has 2 N–H and O–H groups in total. The summed E-state index contributed by atoms with van der Waals surface area (Å²) in [5, 5.41) is 5.41. The van der Waals surface area contributed by atoms with E-state index >= 15 is 0 Å². The smallest absolute Gasteiger partial charge is 0.243 e. The first-order chi connectivity index (χ1) is 11.2. The molecule has 7 heteroatoms. The van der Waals surface area contributed by atoms with Crippen molar-refractivity contribution in [2.75, 3.05) is 38.3 Å². The molecular formula is C16H20N2O5. The van der Waals surface area contributed by atoms with Crippen LogP contribution >= 0.6 is 0 Å². The molecule has 124 valence electrons. The van der Waals surface area contributed by atoms with Crippen LogP contribution in [0.4, 0.5) is 5.69 Å². The average Bonchev–Trinajstić information content (AvgIpc) is 2.60. The van der Waals surface area contributed by atoms with E-state index in [1.807, 2.05) is 0 Å². The van der Waals surface area contributed by atoms with Crippen LogP contribution in [-0.4, -0.2) is 44.8 Å². The van der Waals surface area contributed by atoms with Crippen molar-refractivity contribution in [3.8, 4) is 11.5 Å². The molecule has 0 radical (unpaired) electrons. The van der Waals surface area contributed by atoms with Gasteiger partial charge in [0.25, 0.3) is 0 Å². The fraction of sp³-hybridized carbons (Fsp3) is 0.500. The maximum Gasteiger partial charge on any atom is 0.243 e. The summed E-state index contributed by atoms with van der Waals surface area (Å²) in [5.41, 5.74) is 0.611. The van der Waals surface area contributed by atoms with Gasteiger partial charge in [-0.2, -0.15) is 0 Å². The molecule has 3 rings (SSSR count). The SMILES string of the molecule is O=C(CNC(=O)C1CCOCC1)Nc1ccc2c(c1)OCCO2. The first-order valence-electron chi connectivity index (χ1n) is 7.77. The molecular weight excluding hydrogens is 300 g/mol. The lowest BCUT2D eigenvalue weighted by Gasteiger charge is -2.21. The number of nitrogens with one attached hydrogen (secondary N) is 2. The summed E-state index contributed by atoms with van der Waals surface area (Å²) in [5.74, 6) is 0.848. The lowest BCUT2D eigenvalue weighted by Crippen LogP contribution is -2.38. The van der Waals surface area contributed by atoms with E-state index in [-0.39, 0.29) is 24.3 Å². The highest BCUT2D eigenvalue weighted by Crippen LogP contribution is 2.32. The van der Waals surface area contributed by atoms with Crippen LogP contribution in [0, 0.1) is 5.92 Å². The third-order valence-corrected chi connectivity index (χ3v) is 3.84. The summed E-state index contributed by atoms with van der Waals surface area (Å²) in [7, 11) is 0. The van der Waals surface area contributed by atoms with Gasteiger partial charge in [-0.05, 0) is 25.0 Å². The van der Waals surface area contributed by atoms with Gasteiger partial charge in [-0.15, -0.1) is 0 Å². The fourth-order valence-corrected chi connectivity index (χ4v) is 2.60. The summed E-state index contributed by atoms with van der Waals surface area (Å²) >= 11 is 0. The number of fused-ring (bicyclic) bond motifs is 1. The average molecular weight is 320 g/mol. The van der Waals surface area contributed by atoms with E-state index in [1.165, 1.54) is 0 Å².